The van der Waals surface area contributed by atoms with Gasteiger partial charge in [0.15, 0.2) is 0 Å². The molecular formula is C16H23BrN2O2. The smallest absolute Gasteiger partial charge is 0.238 e. The molecule has 1 aliphatic rings. The van der Waals surface area contributed by atoms with E-state index < -0.39 is 0 Å². The molecule has 0 heterocycles. The average molecular weight is 355 g/mol. The highest BCUT2D eigenvalue weighted by atomic mass is 79.9. The molecule has 1 amide bonds. The topological polar surface area (TPSA) is 50.4 Å². The molecule has 2 N–H and O–H groups in total. The molecule has 2 rings (SSSR count). The highest BCUT2D eigenvalue weighted by Gasteiger charge is 2.13. The lowest BCUT2D eigenvalue weighted by molar-refractivity contribution is -0.115. The van der Waals surface area contributed by atoms with Crippen molar-refractivity contribution < 1.29 is 9.53 Å². The Balaban J connectivity index is 1.54. The molecule has 0 atom stereocenters. The van der Waals surface area contributed by atoms with Crippen LogP contribution in [0.3, 0.4) is 0 Å². The molecule has 0 aromatic heterocycles. The van der Waals surface area contributed by atoms with Crippen molar-refractivity contribution in [1.82, 2.24) is 5.32 Å². The molecule has 0 unspecified atom stereocenters. The van der Waals surface area contributed by atoms with Crippen molar-refractivity contribution in [2.24, 2.45) is 0 Å². The van der Waals surface area contributed by atoms with Gasteiger partial charge in [-0.25, -0.2) is 0 Å². The van der Waals surface area contributed by atoms with Crippen LogP contribution in [0.2, 0.25) is 0 Å². The predicted octanol–water partition coefficient (Wildman–Crippen LogP) is 3.33. The molecule has 116 valence electrons. The summed E-state index contributed by atoms with van der Waals surface area (Å²) in [5.41, 5.74) is 0.801. The Morgan fingerprint density at radius 3 is 2.86 bits per heavy atom. The van der Waals surface area contributed by atoms with Crippen molar-refractivity contribution in [2.75, 3.05) is 25.0 Å². The molecule has 5 heteroatoms. The van der Waals surface area contributed by atoms with Crippen LogP contribution in [0.25, 0.3) is 0 Å². The molecule has 4 nitrogen and oxygen atoms in total. The van der Waals surface area contributed by atoms with Gasteiger partial charge in [0.25, 0.3) is 0 Å². The molecule has 0 radical (unpaired) electrons. The first-order valence-electron chi connectivity index (χ1n) is 7.62. The van der Waals surface area contributed by atoms with Crippen molar-refractivity contribution in [3.63, 3.8) is 0 Å². The normalized spacial score (nSPS) is 15.9. The van der Waals surface area contributed by atoms with Gasteiger partial charge < -0.3 is 15.4 Å². The summed E-state index contributed by atoms with van der Waals surface area (Å²) in [6.07, 6.45) is 6.71. The second kappa shape index (κ2) is 9.18. The Kier molecular flexibility index (Phi) is 7.19. The molecule has 0 bridgehead atoms. The zero-order valence-electron chi connectivity index (χ0n) is 12.2. The number of carbonyl (C=O) groups is 1. The standard InChI is InChI=1S/C16H23BrN2O2/c17-13-5-4-6-14(11-13)19-16(20)12-18-9-10-21-15-7-2-1-3-8-15/h4-6,11,15,18H,1-3,7-10,12H2,(H,19,20). The van der Waals surface area contributed by atoms with Crippen LogP contribution in [0, 0.1) is 0 Å². The summed E-state index contributed by atoms with van der Waals surface area (Å²) in [4.78, 5) is 11.8. The number of benzene rings is 1. The van der Waals surface area contributed by atoms with Crippen LogP contribution in [0.15, 0.2) is 28.7 Å². The van der Waals surface area contributed by atoms with Gasteiger partial charge in [-0.1, -0.05) is 41.3 Å². The van der Waals surface area contributed by atoms with Crippen LogP contribution in [0.1, 0.15) is 32.1 Å². The van der Waals surface area contributed by atoms with Gasteiger partial charge in [-0.15, -0.1) is 0 Å². The third kappa shape index (κ3) is 6.59. The van der Waals surface area contributed by atoms with E-state index in [2.05, 4.69) is 26.6 Å². The summed E-state index contributed by atoms with van der Waals surface area (Å²) < 4.78 is 6.75. The van der Waals surface area contributed by atoms with E-state index in [-0.39, 0.29) is 5.91 Å². The zero-order valence-corrected chi connectivity index (χ0v) is 13.8. The molecule has 1 aromatic rings. The number of carbonyl (C=O) groups excluding carboxylic acids is 1. The Hall–Kier alpha value is -0.910. The fraction of sp³-hybridized carbons (Fsp3) is 0.562. The maximum atomic E-state index is 11.8. The van der Waals surface area contributed by atoms with E-state index in [1.807, 2.05) is 24.3 Å². The Morgan fingerprint density at radius 2 is 2.10 bits per heavy atom. The second-order valence-corrected chi connectivity index (χ2v) is 6.28. The molecule has 1 fully saturated rings. The van der Waals surface area contributed by atoms with Gasteiger partial charge in [-0.3, -0.25) is 4.79 Å². The van der Waals surface area contributed by atoms with Crippen LogP contribution >= 0.6 is 15.9 Å². The van der Waals surface area contributed by atoms with Crippen molar-refractivity contribution in [3.8, 4) is 0 Å². The first-order valence-corrected chi connectivity index (χ1v) is 8.41. The lowest BCUT2D eigenvalue weighted by Crippen LogP contribution is -2.31. The highest BCUT2D eigenvalue weighted by molar-refractivity contribution is 9.10. The SMILES string of the molecule is O=C(CNCCOC1CCCCC1)Nc1cccc(Br)c1. The highest BCUT2D eigenvalue weighted by Crippen LogP contribution is 2.19. The molecule has 0 spiro atoms. The minimum Gasteiger partial charge on any atom is -0.377 e. The van der Waals surface area contributed by atoms with Crippen LogP contribution in [0.5, 0.6) is 0 Å². The van der Waals surface area contributed by atoms with Crippen LogP contribution < -0.4 is 10.6 Å². The van der Waals surface area contributed by atoms with Gasteiger partial charge in [-0.05, 0) is 31.0 Å². The molecular weight excluding hydrogens is 332 g/mol. The minimum absolute atomic E-state index is 0.0363. The Morgan fingerprint density at radius 1 is 1.29 bits per heavy atom. The van der Waals surface area contributed by atoms with Gasteiger partial charge >= 0.3 is 0 Å². The van der Waals surface area contributed by atoms with E-state index in [1.165, 1.54) is 32.1 Å². The largest absolute Gasteiger partial charge is 0.377 e. The molecule has 1 aromatic carbocycles. The number of nitrogens with one attached hydrogen (secondary N) is 2. The van der Waals surface area contributed by atoms with E-state index in [1.54, 1.807) is 0 Å². The van der Waals surface area contributed by atoms with Crippen molar-refractivity contribution in [1.29, 1.82) is 0 Å². The molecule has 1 saturated carbocycles. The summed E-state index contributed by atoms with van der Waals surface area (Å²) in [5.74, 6) is -0.0363. The number of anilines is 1. The van der Waals surface area contributed by atoms with E-state index in [9.17, 15) is 4.79 Å². The van der Waals surface area contributed by atoms with Gasteiger partial charge in [0, 0.05) is 16.7 Å². The Labute approximate surface area is 134 Å². The van der Waals surface area contributed by atoms with E-state index in [0.717, 1.165) is 10.2 Å². The van der Waals surface area contributed by atoms with Crippen molar-refractivity contribution >= 4 is 27.5 Å². The Bertz CT molecular complexity index is 448. The summed E-state index contributed by atoms with van der Waals surface area (Å²) >= 11 is 3.38. The number of ether oxygens (including phenoxy) is 1. The quantitative estimate of drug-likeness (QED) is 0.738. The first-order chi connectivity index (χ1) is 10.2. The van der Waals surface area contributed by atoms with E-state index >= 15 is 0 Å². The van der Waals surface area contributed by atoms with Gasteiger partial charge in [0.1, 0.15) is 0 Å². The minimum atomic E-state index is -0.0363. The van der Waals surface area contributed by atoms with Crippen LogP contribution in [-0.2, 0) is 9.53 Å². The monoisotopic (exact) mass is 354 g/mol. The fourth-order valence-corrected chi connectivity index (χ4v) is 2.90. The molecule has 21 heavy (non-hydrogen) atoms. The number of amides is 1. The maximum Gasteiger partial charge on any atom is 0.238 e. The zero-order chi connectivity index (χ0) is 14.9. The first kappa shape index (κ1) is 16.5. The van der Waals surface area contributed by atoms with Crippen molar-refractivity contribution in [2.45, 2.75) is 38.2 Å². The predicted molar refractivity (Wildman–Crippen MR) is 88.5 cm³/mol. The third-order valence-electron chi connectivity index (χ3n) is 3.58. The molecule has 1 aliphatic carbocycles. The summed E-state index contributed by atoms with van der Waals surface area (Å²) in [6, 6.07) is 7.57. The van der Waals surface area contributed by atoms with Crippen molar-refractivity contribution in [3.05, 3.63) is 28.7 Å². The third-order valence-corrected chi connectivity index (χ3v) is 4.07. The van der Waals surface area contributed by atoms with Gasteiger partial charge in [0.2, 0.25) is 5.91 Å². The molecule has 0 aliphatic heterocycles. The van der Waals surface area contributed by atoms with E-state index in [0.29, 0.717) is 25.8 Å². The summed E-state index contributed by atoms with van der Waals surface area (Å²) in [5, 5.41) is 5.96. The summed E-state index contributed by atoms with van der Waals surface area (Å²) in [7, 11) is 0. The van der Waals surface area contributed by atoms with Gasteiger partial charge in [-0.2, -0.15) is 0 Å². The maximum absolute atomic E-state index is 11.8. The lowest BCUT2D eigenvalue weighted by atomic mass is 9.98. The number of rotatable bonds is 7. The number of halogens is 1. The van der Waals surface area contributed by atoms with Crippen LogP contribution in [-0.4, -0.2) is 31.7 Å². The number of hydrogen-bond donors (Lipinski definition) is 2. The van der Waals surface area contributed by atoms with E-state index in [4.69, 9.17) is 4.74 Å². The van der Waals surface area contributed by atoms with Gasteiger partial charge in [0.05, 0.1) is 19.3 Å². The van der Waals surface area contributed by atoms with Crippen LogP contribution in [0.4, 0.5) is 5.69 Å². The number of hydrogen-bond acceptors (Lipinski definition) is 3. The lowest BCUT2D eigenvalue weighted by Gasteiger charge is -2.21. The second-order valence-electron chi connectivity index (χ2n) is 5.37. The molecule has 0 saturated heterocycles. The fourth-order valence-electron chi connectivity index (χ4n) is 2.50. The summed E-state index contributed by atoms with van der Waals surface area (Å²) in [6.45, 7) is 1.69. The average Bonchev–Trinajstić information content (AvgIpc) is 2.48.